The SMILES string of the molecule is CCN(CC(C)C#N)C(=O)c1cc(C#CCO)ccc1C. The highest BCUT2D eigenvalue weighted by atomic mass is 16.2. The van der Waals surface area contributed by atoms with Crippen molar-refractivity contribution in [2.75, 3.05) is 19.7 Å². The van der Waals surface area contributed by atoms with Crippen LogP contribution in [-0.4, -0.2) is 35.6 Å². The zero-order valence-electron chi connectivity index (χ0n) is 12.7. The maximum Gasteiger partial charge on any atom is 0.254 e. The predicted octanol–water partition coefficient (Wildman–Crippen LogP) is 1.96. The number of nitrogens with zero attached hydrogens (tertiary/aromatic N) is 2. The van der Waals surface area contributed by atoms with Gasteiger partial charge in [-0.05, 0) is 38.5 Å². The van der Waals surface area contributed by atoms with Crippen molar-refractivity contribution in [1.29, 1.82) is 5.26 Å². The van der Waals surface area contributed by atoms with Crippen LogP contribution in [0.15, 0.2) is 18.2 Å². The molecule has 0 heterocycles. The van der Waals surface area contributed by atoms with E-state index in [1.54, 1.807) is 17.9 Å². The van der Waals surface area contributed by atoms with Crippen molar-refractivity contribution in [1.82, 2.24) is 4.90 Å². The normalized spacial score (nSPS) is 11.0. The van der Waals surface area contributed by atoms with Gasteiger partial charge < -0.3 is 10.0 Å². The van der Waals surface area contributed by atoms with E-state index in [1.807, 2.05) is 26.0 Å². The summed E-state index contributed by atoms with van der Waals surface area (Å²) in [5, 5.41) is 17.6. The Kier molecular flexibility index (Phi) is 6.46. The van der Waals surface area contributed by atoms with Crippen molar-refractivity contribution in [3.63, 3.8) is 0 Å². The predicted molar refractivity (Wildman–Crippen MR) is 81.5 cm³/mol. The van der Waals surface area contributed by atoms with Gasteiger partial charge in [0.25, 0.3) is 5.91 Å². The van der Waals surface area contributed by atoms with Crippen LogP contribution in [-0.2, 0) is 0 Å². The molecular formula is C17H20N2O2. The van der Waals surface area contributed by atoms with E-state index in [0.29, 0.717) is 24.2 Å². The average Bonchev–Trinajstić information content (AvgIpc) is 2.50. The molecule has 1 N–H and O–H groups in total. The van der Waals surface area contributed by atoms with Gasteiger partial charge in [-0.25, -0.2) is 0 Å². The Morgan fingerprint density at radius 3 is 2.76 bits per heavy atom. The lowest BCUT2D eigenvalue weighted by atomic mass is 10.0. The number of amides is 1. The van der Waals surface area contributed by atoms with Gasteiger partial charge in [0.05, 0.1) is 12.0 Å². The first-order chi connectivity index (χ1) is 10.0. The third kappa shape index (κ3) is 4.63. The maximum absolute atomic E-state index is 12.6. The molecule has 0 aliphatic rings. The summed E-state index contributed by atoms with van der Waals surface area (Å²) in [6.45, 7) is 6.32. The molecule has 0 bridgehead atoms. The molecule has 0 aliphatic heterocycles. The molecule has 0 aliphatic carbocycles. The second kappa shape index (κ2) is 8.09. The van der Waals surface area contributed by atoms with E-state index in [-0.39, 0.29) is 18.4 Å². The van der Waals surface area contributed by atoms with E-state index < -0.39 is 0 Å². The summed E-state index contributed by atoms with van der Waals surface area (Å²) in [7, 11) is 0. The second-order valence-corrected chi connectivity index (χ2v) is 4.86. The molecular weight excluding hydrogens is 264 g/mol. The molecule has 0 aromatic heterocycles. The molecule has 1 rings (SSSR count). The molecule has 21 heavy (non-hydrogen) atoms. The number of aryl methyl sites for hydroxylation is 1. The zero-order chi connectivity index (χ0) is 15.8. The van der Waals surface area contributed by atoms with E-state index in [0.717, 1.165) is 5.56 Å². The van der Waals surface area contributed by atoms with Crippen LogP contribution < -0.4 is 0 Å². The number of hydrogen-bond acceptors (Lipinski definition) is 3. The average molecular weight is 284 g/mol. The minimum absolute atomic E-state index is 0.0928. The van der Waals surface area contributed by atoms with E-state index in [9.17, 15) is 4.79 Å². The van der Waals surface area contributed by atoms with Gasteiger partial charge in [-0.1, -0.05) is 17.9 Å². The molecule has 4 nitrogen and oxygen atoms in total. The molecule has 0 spiro atoms. The van der Waals surface area contributed by atoms with E-state index >= 15 is 0 Å². The minimum atomic E-state index is -0.210. The molecule has 110 valence electrons. The molecule has 0 radical (unpaired) electrons. The monoisotopic (exact) mass is 284 g/mol. The van der Waals surface area contributed by atoms with Crippen molar-refractivity contribution in [2.24, 2.45) is 5.92 Å². The lowest BCUT2D eigenvalue weighted by molar-refractivity contribution is 0.0752. The Labute approximate surface area is 126 Å². The van der Waals surface area contributed by atoms with Crippen LogP contribution in [0.25, 0.3) is 0 Å². The summed E-state index contributed by atoms with van der Waals surface area (Å²) >= 11 is 0. The van der Waals surface area contributed by atoms with Crippen LogP contribution in [0.4, 0.5) is 0 Å². The number of aliphatic hydroxyl groups is 1. The number of hydrogen-bond donors (Lipinski definition) is 1. The molecule has 0 saturated carbocycles. The Balaban J connectivity index is 3.07. The zero-order valence-corrected chi connectivity index (χ0v) is 12.7. The fourth-order valence-corrected chi connectivity index (χ4v) is 1.97. The topological polar surface area (TPSA) is 64.3 Å². The summed E-state index contributed by atoms with van der Waals surface area (Å²) in [6, 6.07) is 7.55. The molecule has 1 aromatic rings. The van der Waals surface area contributed by atoms with Crippen molar-refractivity contribution < 1.29 is 9.90 Å². The summed E-state index contributed by atoms with van der Waals surface area (Å²) in [5.41, 5.74) is 2.16. The smallest absolute Gasteiger partial charge is 0.254 e. The summed E-state index contributed by atoms with van der Waals surface area (Å²) in [4.78, 5) is 14.3. The van der Waals surface area contributed by atoms with Crippen LogP contribution >= 0.6 is 0 Å². The lowest BCUT2D eigenvalue weighted by Crippen LogP contribution is -2.34. The minimum Gasteiger partial charge on any atom is -0.384 e. The van der Waals surface area contributed by atoms with Crippen molar-refractivity contribution in [3.8, 4) is 17.9 Å². The largest absolute Gasteiger partial charge is 0.384 e. The van der Waals surface area contributed by atoms with E-state index in [2.05, 4.69) is 17.9 Å². The summed E-state index contributed by atoms with van der Waals surface area (Å²) in [5.74, 6) is 5.08. The highest BCUT2D eigenvalue weighted by Crippen LogP contribution is 2.14. The first-order valence-electron chi connectivity index (χ1n) is 6.92. The van der Waals surface area contributed by atoms with Crippen molar-refractivity contribution >= 4 is 5.91 Å². The molecule has 0 fully saturated rings. The van der Waals surface area contributed by atoms with Gasteiger partial charge in [-0.3, -0.25) is 4.79 Å². The third-order valence-electron chi connectivity index (χ3n) is 3.16. The third-order valence-corrected chi connectivity index (χ3v) is 3.16. The summed E-state index contributed by atoms with van der Waals surface area (Å²) < 4.78 is 0. The standard InChI is InChI=1S/C17H20N2O2/c1-4-19(12-13(2)11-18)17(21)16-10-15(6-5-9-20)8-7-14(16)3/h7-8,10,13,20H,4,9,12H2,1-3H3. The maximum atomic E-state index is 12.6. The van der Waals surface area contributed by atoms with Gasteiger partial charge in [0.2, 0.25) is 0 Å². The lowest BCUT2D eigenvalue weighted by Gasteiger charge is -2.23. The van der Waals surface area contributed by atoms with Gasteiger partial charge in [0.1, 0.15) is 6.61 Å². The molecule has 1 atom stereocenters. The fourth-order valence-electron chi connectivity index (χ4n) is 1.97. The van der Waals surface area contributed by atoms with Gasteiger partial charge in [0.15, 0.2) is 0 Å². The van der Waals surface area contributed by atoms with Gasteiger partial charge in [-0.2, -0.15) is 5.26 Å². The Hall–Kier alpha value is -2.30. The Bertz CT molecular complexity index is 605. The first-order valence-corrected chi connectivity index (χ1v) is 6.92. The number of carbonyl (C=O) groups excluding carboxylic acids is 1. The summed E-state index contributed by atoms with van der Waals surface area (Å²) in [6.07, 6.45) is 0. The van der Waals surface area contributed by atoms with E-state index in [1.165, 1.54) is 0 Å². The molecule has 4 heteroatoms. The number of rotatable bonds is 4. The highest BCUT2D eigenvalue weighted by Gasteiger charge is 2.18. The highest BCUT2D eigenvalue weighted by molar-refractivity contribution is 5.96. The number of benzene rings is 1. The molecule has 1 aromatic carbocycles. The Morgan fingerprint density at radius 2 is 2.19 bits per heavy atom. The second-order valence-electron chi connectivity index (χ2n) is 4.86. The van der Waals surface area contributed by atoms with Crippen LogP contribution in [0, 0.1) is 36.0 Å². The van der Waals surface area contributed by atoms with E-state index in [4.69, 9.17) is 10.4 Å². The van der Waals surface area contributed by atoms with Gasteiger partial charge >= 0.3 is 0 Å². The Morgan fingerprint density at radius 1 is 1.48 bits per heavy atom. The number of aliphatic hydroxyl groups excluding tert-OH is 1. The van der Waals surface area contributed by atoms with Crippen molar-refractivity contribution in [3.05, 3.63) is 34.9 Å². The number of nitriles is 1. The first kappa shape index (κ1) is 16.8. The van der Waals surface area contributed by atoms with Gasteiger partial charge in [-0.15, -0.1) is 0 Å². The van der Waals surface area contributed by atoms with Crippen molar-refractivity contribution in [2.45, 2.75) is 20.8 Å². The number of carbonyl (C=O) groups is 1. The van der Waals surface area contributed by atoms with Crippen LogP contribution in [0.1, 0.15) is 35.3 Å². The molecule has 1 amide bonds. The van der Waals surface area contributed by atoms with Crippen LogP contribution in [0.3, 0.4) is 0 Å². The molecule has 0 saturated heterocycles. The van der Waals surface area contributed by atoms with Crippen LogP contribution in [0.5, 0.6) is 0 Å². The fraction of sp³-hybridized carbons (Fsp3) is 0.412. The van der Waals surface area contributed by atoms with Gasteiger partial charge in [0, 0.05) is 24.2 Å². The quantitative estimate of drug-likeness (QED) is 0.860. The molecule has 1 unspecified atom stereocenters. The van der Waals surface area contributed by atoms with Crippen LogP contribution in [0.2, 0.25) is 0 Å².